The van der Waals surface area contributed by atoms with Crippen LogP contribution < -0.4 is 0 Å². The first-order valence-electron chi connectivity index (χ1n) is 18.3. The van der Waals surface area contributed by atoms with Gasteiger partial charge in [-0.2, -0.15) is 0 Å². The van der Waals surface area contributed by atoms with Crippen LogP contribution in [0.3, 0.4) is 0 Å². The summed E-state index contributed by atoms with van der Waals surface area (Å²) in [5.74, 6) is 2.19. The third-order valence-corrected chi connectivity index (χ3v) is 9.10. The molecule has 0 radical (unpaired) electrons. The molecular weight excluding hydrogens is 728 g/mol. The number of ether oxygens (including phenoxy) is 6. The Hall–Kier alpha value is -7.03. The van der Waals surface area contributed by atoms with Gasteiger partial charge in [0.15, 0.2) is 12.2 Å². The van der Waals surface area contributed by atoms with Gasteiger partial charge in [0.2, 0.25) is 12.4 Å². The van der Waals surface area contributed by atoms with E-state index in [0.717, 1.165) is 12.8 Å². The first-order valence-corrected chi connectivity index (χ1v) is 18.3. The van der Waals surface area contributed by atoms with Crippen LogP contribution in [-0.4, -0.2) is 67.2 Å². The fourth-order valence-corrected chi connectivity index (χ4v) is 5.97. The van der Waals surface area contributed by atoms with Crippen LogP contribution in [-0.2, 0) is 28.4 Å². The van der Waals surface area contributed by atoms with Gasteiger partial charge in [0.1, 0.15) is 12.7 Å². The minimum absolute atomic E-state index is 0.102. The molecule has 3 unspecified atom stereocenters. The quantitative estimate of drug-likeness (QED) is 0.0791. The second kappa shape index (κ2) is 18.1. The lowest BCUT2D eigenvalue weighted by molar-refractivity contribution is -0.282. The maximum atomic E-state index is 14.1. The monoisotopic (exact) mass is 764 g/mol. The lowest BCUT2D eigenvalue weighted by Gasteiger charge is -2.43. The molecule has 7 rings (SSSR count). The van der Waals surface area contributed by atoms with Crippen molar-refractivity contribution in [3.8, 4) is 11.8 Å². The molecule has 1 saturated carbocycles. The molecule has 2 aliphatic rings. The van der Waals surface area contributed by atoms with Crippen molar-refractivity contribution in [2.75, 3.05) is 6.61 Å². The van der Waals surface area contributed by atoms with Gasteiger partial charge in [0.05, 0.1) is 27.8 Å². The zero-order valence-electron chi connectivity index (χ0n) is 30.4. The minimum atomic E-state index is -1.80. The third kappa shape index (κ3) is 9.80. The summed E-state index contributed by atoms with van der Waals surface area (Å²) in [6.07, 6.45) is -6.29. The summed E-state index contributed by atoms with van der Waals surface area (Å²) in [7, 11) is 0. The number of hydrogen-bond donors (Lipinski definition) is 0. The summed E-state index contributed by atoms with van der Waals surface area (Å²) in [5, 5.41) is 0. The van der Waals surface area contributed by atoms with Crippen LogP contribution in [0.5, 0.6) is 0 Å². The van der Waals surface area contributed by atoms with Crippen LogP contribution in [0.15, 0.2) is 146 Å². The van der Waals surface area contributed by atoms with E-state index in [1.807, 2.05) is 0 Å². The topological polar surface area (TPSA) is 141 Å². The van der Waals surface area contributed by atoms with Crippen molar-refractivity contribution in [3.05, 3.63) is 179 Å². The normalized spacial score (nSPS) is 19.8. The molecule has 0 N–H and O–H groups in total. The van der Waals surface area contributed by atoms with E-state index in [1.54, 1.807) is 103 Å². The van der Waals surface area contributed by atoms with E-state index in [-0.39, 0.29) is 33.7 Å². The van der Waals surface area contributed by atoms with Gasteiger partial charge in [-0.05, 0) is 73.5 Å². The molecule has 0 amide bonds. The fraction of sp³-hybridized carbons (Fsp3) is 0.196. The molecule has 5 atom stereocenters. The highest BCUT2D eigenvalue weighted by Crippen LogP contribution is 2.33. The number of carbonyl (C=O) groups excluding carboxylic acids is 5. The molecule has 0 aromatic heterocycles. The second-order valence-electron chi connectivity index (χ2n) is 13.2. The summed E-state index contributed by atoms with van der Waals surface area (Å²) in [6, 6.07) is 38.7. The van der Waals surface area contributed by atoms with E-state index in [1.165, 1.54) is 42.5 Å². The van der Waals surface area contributed by atoms with E-state index in [4.69, 9.17) is 28.4 Å². The van der Waals surface area contributed by atoms with Crippen LogP contribution in [0, 0.1) is 17.8 Å². The van der Waals surface area contributed by atoms with Crippen molar-refractivity contribution >= 4 is 29.8 Å². The Balaban J connectivity index is 1.29. The molecular formula is C46H36O11. The maximum Gasteiger partial charge on any atom is 0.341 e. The standard InChI is InChI=1S/C46H36O11/c47-41(32-16-5-1-6-17-32)52-29-37-38(54-42(48)33-18-7-2-8-19-33)39(55-43(49)34-20-9-3-10-21-34)40(56-44(50)35-22-11-4-12-23-35)46(53-37)57-45(51)36-24-14-13-15-31(36)28-27-30-25-26-30/h1-24,30,37-40,46H,25-26,29H2/t37?,38-,39?,40?,46+/m1/s1. The highest BCUT2D eigenvalue weighted by Gasteiger charge is 2.55. The van der Waals surface area contributed by atoms with E-state index in [0.29, 0.717) is 5.56 Å². The van der Waals surface area contributed by atoms with E-state index >= 15 is 0 Å². The largest absolute Gasteiger partial charge is 0.459 e. The van der Waals surface area contributed by atoms with Gasteiger partial charge in [0, 0.05) is 11.5 Å². The first-order chi connectivity index (χ1) is 27.8. The predicted octanol–water partition coefficient (Wildman–Crippen LogP) is 6.86. The summed E-state index contributed by atoms with van der Waals surface area (Å²) in [4.78, 5) is 68.6. The highest BCUT2D eigenvalue weighted by molar-refractivity contribution is 5.93. The average Bonchev–Trinajstić information content (AvgIpc) is 4.10. The van der Waals surface area contributed by atoms with Crippen LogP contribution >= 0.6 is 0 Å². The van der Waals surface area contributed by atoms with Gasteiger partial charge >= 0.3 is 29.8 Å². The Labute approximate surface area is 328 Å². The van der Waals surface area contributed by atoms with Crippen molar-refractivity contribution in [3.63, 3.8) is 0 Å². The highest BCUT2D eigenvalue weighted by atomic mass is 16.7. The molecule has 0 spiro atoms. The maximum absolute atomic E-state index is 14.1. The zero-order valence-corrected chi connectivity index (χ0v) is 30.4. The van der Waals surface area contributed by atoms with Gasteiger partial charge in [-0.15, -0.1) is 0 Å². The molecule has 1 aliphatic carbocycles. The van der Waals surface area contributed by atoms with Gasteiger partial charge in [-0.1, -0.05) is 96.8 Å². The summed E-state index contributed by atoms with van der Waals surface area (Å²) < 4.78 is 36.1. The lowest BCUT2D eigenvalue weighted by Crippen LogP contribution is -2.63. The third-order valence-electron chi connectivity index (χ3n) is 9.10. The van der Waals surface area contributed by atoms with Crippen molar-refractivity contribution in [1.82, 2.24) is 0 Å². The summed E-state index contributed by atoms with van der Waals surface area (Å²) in [5.41, 5.74) is 1.10. The zero-order chi connectivity index (χ0) is 39.6. The van der Waals surface area contributed by atoms with Crippen LogP contribution in [0.1, 0.15) is 70.2 Å². The van der Waals surface area contributed by atoms with E-state index < -0.39 is 67.2 Å². The molecule has 11 heteroatoms. The average molecular weight is 765 g/mol. The fourth-order valence-electron chi connectivity index (χ4n) is 5.97. The predicted molar refractivity (Wildman–Crippen MR) is 204 cm³/mol. The summed E-state index contributed by atoms with van der Waals surface area (Å²) in [6.45, 7) is -0.573. The Bertz CT molecular complexity index is 2260. The number of esters is 5. The molecule has 1 heterocycles. The summed E-state index contributed by atoms with van der Waals surface area (Å²) >= 11 is 0. The molecule has 2 fully saturated rings. The smallest absolute Gasteiger partial charge is 0.341 e. The second-order valence-corrected chi connectivity index (χ2v) is 13.2. The van der Waals surface area contributed by atoms with Crippen molar-refractivity contribution in [1.29, 1.82) is 0 Å². The first kappa shape index (κ1) is 38.3. The molecule has 286 valence electrons. The molecule has 0 bridgehead atoms. The Kier molecular flexibility index (Phi) is 12.1. The van der Waals surface area contributed by atoms with Crippen molar-refractivity contribution in [2.24, 2.45) is 5.92 Å². The van der Waals surface area contributed by atoms with Gasteiger partial charge in [0.25, 0.3) is 0 Å². The van der Waals surface area contributed by atoms with E-state index in [2.05, 4.69) is 11.8 Å². The van der Waals surface area contributed by atoms with Gasteiger partial charge in [-0.25, -0.2) is 24.0 Å². The molecule has 57 heavy (non-hydrogen) atoms. The Morgan fingerprint density at radius 1 is 0.491 bits per heavy atom. The Morgan fingerprint density at radius 2 is 0.930 bits per heavy atom. The number of carbonyl (C=O) groups is 5. The Morgan fingerprint density at radius 3 is 1.44 bits per heavy atom. The van der Waals surface area contributed by atoms with Crippen molar-refractivity contribution in [2.45, 2.75) is 43.5 Å². The van der Waals surface area contributed by atoms with Crippen LogP contribution in [0.25, 0.3) is 0 Å². The van der Waals surface area contributed by atoms with Gasteiger partial charge < -0.3 is 28.4 Å². The minimum Gasteiger partial charge on any atom is -0.459 e. The number of benzene rings is 5. The number of rotatable bonds is 11. The molecule has 11 nitrogen and oxygen atoms in total. The molecule has 5 aromatic rings. The molecule has 1 aliphatic heterocycles. The van der Waals surface area contributed by atoms with Crippen molar-refractivity contribution < 1.29 is 52.4 Å². The SMILES string of the molecule is O=C(OCC1O[C@@H](OC(=O)c2ccccc2C#CC2CC2)C(OC(=O)c2ccccc2)C(OC(=O)c2ccccc2)[C@@H]1OC(=O)c1ccccc1)c1ccccc1. The van der Waals surface area contributed by atoms with Gasteiger partial charge in [-0.3, -0.25) is 0 Å². The van der Waals surface area contributed by atoms with E-state index in [9.17, 15) is 24.0 Å². The number of hydrogen-bond acceptors (Lipinski definition) is 11. The molecule has 1 saturated heterocycles. The molecule has 5 aromatic carbocycles. The van der Waals surface area contributed by atoms with Crippen LogP contribution in [0.4, 0.5) is 0 Å². The lowest BCUT2D eigenvalue weighted by atomic mass is 9.97. The van der Waals surface area contributed by atoms with Crippen LogP contribution in [0.2, 0.25) is 0 Å².